The summed E-state index contributed by atoms with van der Waals surface area (Å²) in [7, 11) is 1.88. The van der Waals surface area contributed by atoms with Crippen LogP contribution in [0.15, 0.2) is 4.99 Å². The number of aliphatic imine (C=N–C) groups is 1. The monoisotopic (exact) mass is 340 g/mol. The molecular weight excluding hydrogens is 308 g/mol. The Bertz CT molecular complexity index is 399. The van der Waals surface area contributed by atoms with E-state index in [1.807, 2.05) is 18.8 Å². The summed E-state index contributed by atoms with van der Waals surface area (Å²) in [6.07, 6.45) is 9.77. The Morgan fingerprint density at radius 1 is 1.22 bits per heavy atom. The van der Waals surface area contributed by atoms with Gasteiger partial charge in [-0.15, -0.1) is 0 Å². The minimum absolute atomic E-state index is 0.297. The molecule has 2 saturated heterocycles. The van der Waals surface area contributed by atoms with E-state index in [1.54, 1.807) is 0 Å². The molecule has 3 rings (SSSR count). The summed E-state index contributed by atoms with van der Waals surface area (Å²) < 4.78 is 5.82. The summed E-state index contributed by atoms with van der Waals surface area (Å²) in [5.41, 5.74) is 0. The highest BCUT2D eigenvalue weighted by molar-refractivity contribution is 8.00. The molecule has 5 nitrogen and oxygen atoms in total. The summed E-state index contributed by atoms with van der Waals surface area (Å²) in [6.45, 7) is 5.22. The SMILES string of the molecule is CN=C(NCC1(SC)CCOCC1)NC1CCN(C2CC2)CC1. The molecule has 0 aromatic heterocycles. The smallest absolute Gasteiger partial charge is 0.191 e. The largest absolute Gasteiger partial charge is 0.381 e. The Balaban J connectivity index is 1.42. The molecule has 0 aromatic carbocycles. The number of likely N-dealkylation sites (tertiary alicyclic amines) is 1. The molecule has 3 aliphatic rings. The van der Waals surface area contributed by atoms with Crippen molar-refractivity contribution in [3.05, 3.63) is 0 Å². The second-order valence-corrected chi connectivity index (χ2v) is 8.39. The van der Waals surface area contributed by atoms with Gasteiger partial charge in [0, 0.05) is 56.7 Å². The molecule has 1 saturated carbocycles. The summed E-state index contributed by atoms with van der Waals surface area (Å²) in [5.74, 6) is 0.967. The molecule has 23 heavy (non-hydrogen) atoms. The third kappa shape index (κ3) is 4.77. The van der Waals surface area contributed by atoms with Gasteiger partial charge in [-0.05, 0) is 44.8 Å². The van der Waals surface area contributed by atoms with Gasteiger partial charge in [-0.3, -0.25) is 4.99 Å². The van der Waals surface area contributed by atoms with Crippen LogP contribution >= 0.6 is 11.8 Å². The van der Waals surface area contributed by atoms with E-state index in [4.69, 9.17) is 4.74 Å². The molecule has 0 bridgehead atoms. The highest BCUT2D eigenvalue weighted by Gasteiger charge is 2.33. The van der Waals surface area contributed by atoms with E-state index >= 15 is 0 Å². The lowest BCUT2D eigenvalue weighted by Crippen LogP contribution is -2.52. The van der Waals surface area contributed by atoms with Crippen LogP contribution in [-0.2, 0) is 4.74 Å². The number of ether oxygens (including phenoxy) is 1. The van der Waals surface area contributed by atoms with Crippen LogP contribution in [-0.4, -0.2) is 73.8 Å². The molecule has 0 aromatic rings. The normalized spacial score (nSPS) is 27.0. The molecule has 0 amide bonds. The van der Waals surface area contributed by atoms with E-state index in [1.165, 1.54) is 38.8 Å². The van der Waals surface area contributed by atoms with Gasteiger partial charge in [-0.1, -0.05) is 0 Å². The van der Waals surface area contributed by atoms with Crippen LogP contribution in [0.5, 0.6) is 0 Å². The number of hydrogen-bond donors (Lipinski definition) is 2. The van der Waals surface area contributed by atoms with E-state index in [2.05, 4.69) is 26.8 Å². The van der Waals surface area contributed by atoms with Crippen molar-refractivity contribution >= 4 is 17.7 Å². The van der Waals surface area contributed by atoms with Crippen LogP contribution in [0.3, 0.4) is 0 Å². The standard InChI is InChI=1S/C17H32N4OS/c1-18-16(19-13-17(23-2)7-11-22-12-8-17)20-14-5-9-21(10-6-14)15-3-4-15/h14-15H,3-13H2,1-2H3,(H2,18,19,20). The zero-order valence-corrected chi connectivity index (χ0v) is 15.5. The molecular formula is C17H32N4OS. The highest BCUT2D eigenvalue weighted by atomic mass is 32.2. The van der Waals surface area contributed by atoms with Crippen molar-refractivity contribution < 1.29 is 4.74 Å². The first-order chi connectivity index (χ1) is 11.2. The van der Waals surface area contributed by atoms with Gasteiger partial charge in [0.05, 0.1) is 0 Å². The van der Waals surface area contributed by atoms with Crippen molar-refractivity contribution in [2.24, 2.45) is 4.99 Å². The zero-order chi connectivity index (χ0) is 16.1. The molecule has 0 radical (unpaired) electrons. The van der Waals surface area contributed by atoms with Crippen molar-refractivity contribution in [1.82, 2.24) is 15.5 Å². The average Bonchev–Trinajstić information content (AvgIpc) is 3.45. The van der Waals surface area contributed by atoms with Gasteiger partial charge < -0.3 is 20.3 Å². The van der Waals surface area contributed by atoms with Gasteiger partial charge in [0.25, 0.3) is 0 Å². The van der Waals surface area contributed by atoms with Crippen molar-refractivity contribution in [3.8, 4) is 0 Å². The number of piperidine rings is 1. The second-order valence-electron chi connectivity index (χ2n) is 7.11. The Morgan fingerprint density at radius 2 is 1.91 bits per heavy atom. The lowest BCUT2D eigenvalue weighted by atomic mass is 9.99. The lowest BCUT2D eigenvalue weighted by Gasteiger charge is -2.37. The first kappa shape index (κ1) is 17.4. The number of thioether (sulfide) groups is 1. The van der Waals surface area contributed by atoms with Gasteiger partial charge in [0.1, 0.15) is 0 Å². The van der Waals surface area contributed by atoms with Crippen molar-refractivity contribution in [1.29, 1.82) is 0 Å². The quantitative estimate of drug-likeness (QED) is 0.589. The number of guanidine groups is 1. The van der Waals surface area contributed by atoms with E-state index in [0.29, 0.717) is 10.8 Å². The zero-order valence-electron chi connectivity index (χ0n) is 14.6. The summed E-state index contributed by atoms with van der Waals surface area (Å²) in [4.78, 5) is 7.10. The maximum Gasteiger partial charge on any atom is 0.191 e. The fourth-order valence-corrected chi connectivity index (χ4v) is 4.47. The van der Waals surface area contributed by atoms with E-state index in [0.717, 1.165) is 44.6 Å². The maximum atomic E-state index is 5.52. The first-order valence-corrected chi connectivity index (χ1v) is 10.3. The summed E-state index contributed by atoms with van der Waals surface area (Å²) in [6, 6.07) is 1.47. The van der Waals surface area contributed by atoms with Gasteiger partial charge in [-0.2, -0.15) is 11.8 Å². The van der Waals surface area contributed by atoms with Crippen LogP contribution in [0, 0.1) is 0 Å². The molecule has 0 spiro atoms. The van der Waals surface area contributed by atoms with E-state index in [9.17, 15) is 0 Å². The lowest BCUT2D eigenvalue weighted by molar-refractivity contribution is 0.0782. The molecule has 132 valence electrons. The number of rotatable bonds is 5. The maximum absolute atomic E-state index is 5.52. The predicted octanol–water partition coefficient (Wildman–Crippen LogP) is 1.69. The third-order valence-corrected chi connectivity index (χ3v) is 6.99. The van der Waals surface area contributed by atoms with Crippen LogP contribution in [0.2, 0.25) is 0 Å². The Kier molecular flexibility index (Phi) is 6.10. The average molecular weight is 341 g/mol. The molecule has 0 atom stereocenters. The minimum atomic E-state index is 0.297. The van der Waals surface area contributed by atoms with Crippen LogP contribution < -0.4 is 10.6 Å². The number of nitrogens with one attached hydrogen (secondary N) is 2. The van der Waals surface area contributed by atoms with Crippen LogP contribution in [0.25, 0.3) is 0 Å². The molecule has 2 heterocycles. The van der Waals surface area contributed by atoms with Crippen molar-refractivity contribution in [2.45, 2.75) is 55.4 Å². The number of nitrogens with zero attached hydrogens (tertiary/aromatic N) is 2. The molecule has 6 heteroatoms. The fraction of sp³-hybridized carbons (Fsp3) is 0.941. The summed E-state index contributed by atoms with van der Waals surface area (Å²) >= 11 is 1.97. The van der Waals surface area contributed by atoms with Crippen molar-refractivity contribution in [3.63, 3.8) is 0 Å². The Labute approximate surface area is 145 Å². The molecule has 0 unspecified atom stereocenters. The van der Waals surface area contributed by atoms with Gasteiger partial charge in [-0.25, -0.2) is 0 Å². The van der Waals surface area contributed by atoms with Crippen LogP contribution in [0.4, 0.5) is 0 Å². The molecule has 1 aliphatic carbocycles. The summed E-state index contributed by atoms with van der Waals surface area (Å²) in [5, 5.41) is 7.21. The highest BCUT2D eigenvalue weighted by Crippen LogP contribution is 2.33. The topological polar surface area (TPSA) is 48.9 Å². The Morgan fingerprint density at radius 3 is 2.48 bits per heavy atom. The number of hydrogen-bond acceptors (Lipinski definition) is 4. The molecule has 2 aliphatic heterocycles. The minimum Gasteiger partial charge on any atom is -0.381 e. The Hall–Kier alpha value is -0.460. The molecule has 2 N–H and O–H groups in total. The molecule has 3 fully saturated rings. The predicted molar refractivity (Wildman–Crippen MR) is 98.4 cm³/mol. The van der Waals surface area contributed by atoms with E-state index < -0.39 is 0 Å². The van der Waals surface area contributed by atoms with Gasteiger partial charge >= 0.3 is 0 Å². The van der Waals surface area contributed by atoms with Gasteiger partial charge in [0.15, 0.2) is 5.96 Å². The van der Waals surface area contributed by atoms with Crippen LogP contribution in [0.1, 0.15) is 38.5 Å². The van der Waals surface area contributed by atoms with Gasteiger partial charge in [0.2, 0.25) is 0 Å². The fourth-order valence-electron chi connectivity index (χ4n) is 3.68. The third-order valence-electron chi connectivity index (χ3n) is 5.57. The van der Waals surface area contributed by atoms with E-state index in [-0.39, 0.29) is 0 Å². The van der Waals surface area contributed by atoms with Crippen molar-refractivity contribution in [2.75, 3.05) is 46.2 Å². The first-order valence-electron chi connectivity index (χ1n) is 9.09. The second kappa shape index (κ2) is 8.08.